The van der Waals surface area contributed by atoms with Gasteiger partial charge >= 0.3 is 0 Å². The van der Waals surface area contributed by atoms with Crippen LogP contribution in [0, 0.1) is 5.41 Å². The van der Waals surface area contributed by atoms with Gasteiger partial charge in [-0.1, -0.05) is 39.0 Å². The molecule has 3 N–H and O–H groups in total. The van der Waals surface area contributed by atoms with Gasteiger partial charge in [-0.25, -0.2) is 5.43 Å². The first-order valence-corrected chi connectivity index (χ1v) is 8.05. The Bertz CT molecular complexity index is 754. The maximum absolute atomic E-state index is 12.4. The molecular formula is C18H24N4O. The number of rotatable bonds is 2. The van der Waals surface area contributed by atoms with Gasteiger partial charge in [-0.3, -0.25) is 10.1 Å². The molecule has 2 heterocycles. The molecule has 3 rings (SSSR count). The minimum absolute atomic E-state index is 0.0510. The number of H-pyrrole nitrogens is 1. The summed E-state index contributed by atoms with van der Waals surface area (Å²) in [5.74, 6) is -0.0896. The van der Waals surface area contributed by atoms with E-state index in [9.17, 15) is 4.79 Å². The number of carbonyl (C=O) groups excluding carboxylic acids is 1. The highest BCUT2D eigenvalue weighted by Crippen LogP contribution is 2.31. The second kappa shape index (κ2) is 5.81. The van der Waals surface area contributed by atoms with E-state index in [2.05, 4.69) is 39.9 Å². The van der Waals surface area contributed by atoms with Crippen molar-refractivity contribution in [3.63, 3.8) is 0 Å². The third-order valence-corrected chi connectivity index (χ3v) is 4.08. The first kappa shape index (κ1) is 15.7. The smallest absolute Gasteiger partial charge is 0.257 e. The summed E-state index contributed by atoms with van der Waals surface area (Å²) in [5.41, 5.74) is 6.13. The summed E-state index contributed by atoms with van der Waals surface area (Å²) in [6, 6.07) is 8.07. The minimum Gasteiger partial charge on any atom is -0.357 e. The van der Waals surface area contributed by atoms with E-state index in [1.54, 1.807) is 6.21 Å². The Morgan fingerprint density at radius 3 is 2.83 bits per heavy atom. The summed E-state index contributed by atoms with van der Waals surface area (Å²) in [7, 11) is 0. The number of fused-ring (bicyclic) bond motifs is 3. The van der Waals surface area contributed by atoms with Crippen LogP contribution in [0.5, 0.6) is 0 Å². The van der Waals surface area contributed by atoms with Gasteiger partial charge in [-0.15, -0.1) is 0 Å². The summed E-state index contributed by atoms with van der Waals surface area (Å²) >= 11 is 0. The predicted molar refractivity (Wildman–Crippen MR) is 93.4 cm³/mol. The third-order valence-electron chi connectivity index (χ3n) is 4.08. The fraction of sp³-hybridized carbons (Fsp3) is 0.444. The van der Waals surface area contributed by atoms with Crippen molar-refractivity contribution in [1.82, 2.24) is 15.7 Å². The van der Waals surface area contributed by atoms with Crippen molar-refractivity contribution in [3.8, 4) is 0 Å². The average molecular weight is 312 g/mol. The molecule has 1 amide bonds. The van der Waals surface area contributed by atoms with E-state index in [4.69, 9.17) is 0 Å². The number of nitrogens with one attached hydrogen (secondary N) is 3. The van der Waals surface area contributed by atoms with Gasteiger partial charge in [0.2, 0.25) is 0 Å². The highest BCUT2D eigenvalue weighted by molar-refractivity contribution is 5.88. The number of benzene rings is 1. The lowest BCUT2D eigenvalue weighted by atomic mass is 9.94. The lowest BCUT2D eigenvalue weighted by Gasteiger charge is -2.28. The number of aromatic amines is 1. The zero-order chi connectivity index (χ0) is 16.6. The molecule has 0 radical (unpaired) electrons. The molecule has 0 saturated heterocycles. The molecule has 0 fully saturated rings. The second-order valence-corrected chi connectivity index (χ2v) is 7.31. The van der Waals surface area contributed by atoms with E-state index >= 15 is 0 Å². The fourth-order valence-electron chi connectivity index (χ4n) is 2.99. The van der Waals surface area contributed by atoms with Crippen molar-refractivity contribution < 1.29 is 4.79 Å². The van der Waals surface area contributed by atoms with Crippen LogP contribution in [0.1, 0.15) is 45.0 Å². The van der Waals surface area contributed by atoms with Crippen molar-refractivity contribution >= 4 is 23.0 Å². The van der Waals surface area contributed by atoms with Crippen molar-refractivity contribution in [2.45, 2.75) is 46.2 Å². The van der Waals surface area contributed by atoms with Gasteiger partial charge in [0.1, 0.15) is 0 Å². The van der Waals surface area contributed by atoms with Crippen LogP contribution >= 0.6 is 0 Å². The number of hydrazone groups is 1. The zero-order valence-corrected chi connectivity index (χ0v) is 14.1. The SMILES string of the molecule is C[C@@H]1N[C@H](C(=O)NN=CC(C)(C)C)Cc2c1[nH]c1ccccc21. The topological polar surface area (TPSA) is 69.3 Å². The summed E-state index contributed by atoms with van der Waals surface area (Å²) in [4.78, 5) is 15.9. The van der Waals surface area contributed by atoms with Crippen LogP contribution < -0.4 is 10.7 Å². The molecule has 1 aromatic heterocycles. The number of nitrogens with zero attached hydrogens (tertiary/aromatic N) is 1. The maximum Gasteiger partial charge on any atom is 0.257 e. The van der Waals surface area contributed by atoms with Gasteiger partial charge in [-0.2, -0.15) is 5.10 Å². The van der Waals surface area contributed by atoms with Crippen molar-refractivity contribution in [3.05, 3.63) is 35.5 Å². The number of amides is 1. The molecule has 2 atom stereocenters. The Morgan fingerprint density at radius 1 is 1.35 bits per heavy atom. The van der Waals surface area contributed by atoms with Gasteiger partial charge in [0.15, 0.2) is 0 Å². The van der Waals surface area contributed by atoms with Gasteiger partial charge in [0.25, 0.3) is 5.91 Å². The van der Waals surface area contributed by atoms with Crippen LogP contribution in [0.3, 0.4) is 0 Å². The van der Waals surface area contributed by atoms with Crippen LogP contribution in [0.15, 0.2) is 29.4 Å². The highest BCUT2D eigenvalue weighted by atomic mass is 16.2. The number of hydrogen-bond donors (Lipinski definition) is 3. The Hall–Kier alpha value is -2.14. The van der Waals surface area contributed by atoms with E-state index in [0.29, 0.717) is 6.42 Å². The third kappa shape index (κ3) is 3.29. The van der Waals surface area contributed by atoms with E-state index in [-0.39, 0.29) is 23.4 Å². The summed E-state index contributed by atoms with van der Waals surface area (Å²) in [6.45, 7) is 8.21. The number of hydrogen-bond acceptors (Lipinski definition) is 3. The molecule has 5 nitrogen and oxygen atoms in total. The van der Waals surface area contributed by atoms with Gasteiger partial charge < -0.3 is 4.98 Å². The molecule has 0 bridgehead atoms. The first-order chi connectivity index (χ1) is 10.8. The molecule has 0 aliphatic carbocycles. The average Bonchev–Trinajstić information content (AvgIpc) is 2.85. The molecule has 0 spiro atoms. The van der Waals surface area contributed by atoms with Crippen LogP contribution in [0.2, 0.25) is 0 Å². The molecule has 1 aliphatic rings. The lowest BCUT2D eigenvalue weighted by Crippen LogP contribution is -2.47. The molecule has 23 heavy (non-hydrogen) atoms. The quantitative estimate of drug-likeness (QED) is 0.589. The molecule has 122 valence electrons. The van der Waals surface area contributed by atoms with Gasteiger partial charge in [-0.05, 0) is 30.4 Å². The molecule has 2 aromatic rings. The highest BCUT2D eigenvalue weighted by Gasteiger charge is 2.30. The zero-order valence-electron chi connectivity index (χ0n) is 14.1. The van der Waals surface area contributed by atoms with E-state index in [1.807, 2.05) is 32.9 Å². The minimum atomic E-state index is -0.270. The lowest BCUT2D eigenvalue weighted by molar-refractivity contribution is -0.123. The Balaban J connectivity index is 1.80. The van der Waals surface area contributed by atoms with E-state index in [0.717, 1.165) is 5.52 Å². The number of para-hydroxylation sites is 1. The normalized spacial score (nSPS) is 21.6. The van der Waals surface area contributed by atoms with Gasteiger partial charge in [0, 0.05) is 28.9 Å². The fourth-order valence-corrected chi connectivity index (χ4v) is 2.99. The number of aromatic nitrogens is 1. The molecule has 0 saturated carbocycles. The largest absolute Gasteiger partial charge is 0.357 e. The Kier molecular flexibility index (Phi) is 3.98. The Morgan fingerprint density at radius 2 is 2.09 bits per heavy atom. The first-order valence-electron chi connectivity index (χ1n) is 8.05. The summed E-state index contributed by atoms with van der Waals surface area (Å²) in [6.07, 6.45) is 2.43. The Labute approximate surface area is 136 Å². The van der Waals surface area contributed by atoms with Crippen LogP contribution in [0.4, 0.5) is 0 Å². The summed E-state index contributed by atoms with van der Waals surface area (Å²) in [5, 5.41) is 8.64. The molecule has 0 unspecified atom stereocenters. The van der Waals surface area contributed by atoms with Crippen molar-refractivity contribution in [2.24, 2.45) is 10.5 Å². The second-order valence-electron chi connectivity index (χ2n) is 7.31. The monoisotopic (exact) mass is 312 g/mol. The molecular weight excluding hydrogens is 288 g/mol. The van der Waals surface area contributed by atoms with Crippen LogP contribution in [0.25, 0.3) is 10.9 Å². The molecule has 1 aromatic carbocycles. The van der Waals surface area contributed by atoms with Crippen LogP contribution in [-0.4, -0.2) is 23.1 Å². The maximum atomic E-state index is 12.4. The van der Waals surface area contributed by atoms with Crippen molar-refractivity contribution in [2.75, 3.05) is 0 Å². The molecule has 5 heteroatoms. The van der Waals surface area contributed by atoms with Gasteiger partial charge in [0.05, 0.1) is 6.04 Å². The van der Waals surface area contributed by atoms with Crippen LogP contribution in [-0.2, 0) is 11.2 Å². The standard InChI is InChI=1S/C18H24N4O/c1-11-16-13(12-7-5-6-8-14(12)21-16)9-15(20-11)17(23)22-19-10-18(2,3)4/h5-8,10-11,15,20-21H,9H2,1-4H3,(H,22,23)/t11-,15-/m0/s1. The van der Waals surface area contributed by atoms with Crippen molar-refractivity contribution in [1.29, 1.82) is 0 Å². The van der Waals surface area contributed by atoms with E-state index in [1.165, 1.54) is 16.6 Å². The number of carbonyl (C=O) groups is 1. The summed E-state index contributed by atoms with van der Waals surface area (Å²) < 4.78 is 0. The van der Waals surface area contributed by atoms with E-state index < -0.39 is 0 Å². The predicted octanol–water partition coefficient (Wildman–Crippen LogP) is 2.89. The molecule has 1 aliphatic heterocycles.